The van der Waals surface area contributed by atoms with Gasteiger partial charge in [-0.05, 0) is 25.7 Å². The van der Waals surface area contributed by atoms with Crippen LogP contribution < -0.4 is 10.2 Å². The van der Waals surface area contributed by atoms with Crippen LogP contribution >= 0.6 is 0 Å². The van der Waals surface area contributed by atoms with Crippen LogP contribution in [0.25, 0.3) is 11.0 Å². The number of hydrogen-bond acceptors (Lipinski definition) is 6. The van der Waals surface area contributed by atoms with Crippen LogP contribution in [0.3, 0.4) is 0 Å². The molecule has 0 saturated heterocycles. The van der Waals surface area contributed by atoms with Crippen molar-refractivity contribution in [3.8, 4) is 0 Å². The average molecular weight is 276 g/mol. The highest BCUT2D eigenvalue weighted by Gasteiger charge is 2.28. The van der Waals surface area contributed by atoms with Crippen molar-refractivity contribution in [2.24, 2.45) is 5.92 Å². The maximum absolute atomic E-state index is 9.39. The lowest BCUT2D eigenvalue weighted by atomic mass is 9.82. The van der Waals surface area contributed by atoms with Crippen molar-refractivity contribution in [1.29, 1.82) is 0 Å². The Labute approximate surface area is 117 Å². The fourth-order valence-corrected chi connectivity index (χ4v) is 2.67. The monoisotopic (exact) mass is 276 g/mol. The molecule has 0 unspecified atom stereocenters. The molecule has 1 aliphatic rings. The van der Waals surface area contributed by atoms with E-state index in [1.807, 2.05) is 14.0 Å². The summed E-state index contributed by atoms with van der Waals surface area (Å²) >= 11 is 0. The SMILES string of the molecule is CCNc1nc(N(C)CC2CC(O)C2)c2cn[nH]c2n1. The second kappa shape index (κ2) is 5.24. The number of aliphatic hydroxyl groups excluding tert-OH is 1. The van der Waals surface area contributed by atoms with Crippen LogP contribution in [0.5, 0.6) is 0 Å². The highest BCUT2D eigenvalue weighted by molar-refractivity contribution is 5.87. The van der Waals surface area contributed by atoms with E-state index in [1.165, 1.54) is 0 Å². The second-order valence-electron chi connectivity index (χ2n) is 5.41. The summed E-state index contributed by atoms with van der Waals surface area (Å²) in [6.07, 6.45) is 3.39. The van der Waals surface area contributed by atoms with Crippen molar-refractivity contribution < 1.29 is 5.11 Å². The first-order chi connectivity index (χ1) is 9.67. The minimum absolute atomic E-state index is 0.120. The van der Waals surface area contributed by atoms with Gasteiger partial charge in [-0.2, -0.15) is 15.1 Å². The van der Waals surface area contributed by atoms with Crippen molar-refractivity contribution in [2.45, 2.75) is 25.9 Å². The van der Waals surface area contributed by atoms with Crippen LogP contribution in [0.4, 0.5) is 11.8 Å². The Kier molecular flexibility index (Phi) is 3.43. The van der Waals surface area contributed by atoms with Gasteiger partial charge in [0.05, 0.1) is 17.7 Å². The number of aliphatic hydroxyl groups is 1. The summed E-state index contributed by atoms with van der Waals surface area (Å²) in [7, 11) is 2.02. The first-order valence-electron chi connectivity index (χ1n) is 7.01. The lowest BCUT2D eigenvalue weighted by Gasteiger charge is -2.34. The fraction of sp³-hybridized carbons (Fsp3) is 0.615. The second-order valence-corrected chi connectivity index (χ2v) is 5.41. The first kappa shape index (κ1) is 13.1. The predicted molar refractivity (Wildman–Crippen MR) is 77.8 cm³/mol. The number of fused-ring (bicyclic) bond motifs is 1. The van der Waals surface area contributed by atoms with E-state index in [-0.39, 0.29) is 6.10 Å². The summed E-state index contributed by atoms with van der Waals surface area (Å²) in [5.74, 6) is 2.02. The van der Waals surface area contributed by atoms with Gasteiger partial charge in [-0.25, -0.2) is 0 Å². The maximum Gasteiger partial charge on any atom is 0.226 e. The van der Waals surface area contributed by atoms with E-state index in [2.05, 4.69) is 30.4 Å². The summed E-state index contributed by atoms with van der Waals surface area (Å²) in [6, 6.07) is 0. The standard InChI is InChI=1S/C13H20N6O/c1-3-14-13-16-11-10(6-15-18-11)12(17-13)19(2)7-8-4-9(20)5-8/h6,8-9,20H,3-5,7H2,1-2H3,(H2,14,15,16,17,18). The fourth-order valence-electron chi connectivity index (χ4n) is 2.67. The van der Waals surface area contributed by atoms with Crippen LogP contribution in [0.2, 0.25) is 0 Å². The van der Waals surface area contributed by atoms with Crippen molar-refractivity contribution in [3.63, 3.8) is 0 Å². The van der Waals surface area contributed by atoms with Crippen LogP contribution in [0.15, 0.2) is 6.20 Å². The van der Waals surface area contributed by atoms with Crippen LogP contribution in [-0.2, 0) is 0 Å². The zero-order valence-electron chi connectivity index (χ0n) is 11.8. The van der Waals surface area contributed by atoms with E-state index in [0.717, 1.165) is 42.8 Å². The number of H-pyrrole nitrogens is 1. The minimum Gasteiger partial charge on any atom is -0.393 e. The molecule has 3 N–H and O–H groups in total. The summed E-state index contributed by atoms with van der Waals surface area (Å²) in [5.41, 5.74) is 0.742. The number of nitrogens with zero attached hydrogens (tertiary/aromatic N) is 4. The highest BCUT2D eigenvalue weighted by atomic mass is 16.3. The molecule has 0 radical (unpaired) electrons. The minimum atomic E-state index is -0.120. The quantitative estimate of drug-likeness (QED) is 0.754. The molecule has 0 aromatic carbocycles. The van der Waals surface area contributed by atoms with E-state index >= 15 is 0 Å². The molecule has 2 aromatic heterocycles. The van der Waals surface area contributed by atoms with Crippen molar-refractivity contribution >= 4 is 22.8 Å². The van der Waals surface area contributed by atoms with Crippen molar-refractivity contribution in [3.05, 3.63) is 6.20 Å². The highest BCUT2D eigenvalue weighted by Crippen LogP contribution is 2.30. The van der Waals surface area contributed by atoms with Gasteiger partial charge < -0.3 is 15.3 Å². The Bertz CT molecular complexity index is 592. The van der Waals surface area contributed by atoms with E-state index in [4.69, 9.17) is 0 Å². The van der Waals surface area contributed by atoms with Gasteiger partial charge in [-0.1, -0.05) is 0 Å². The molecule has 7 heteroatoms. The predicted octanol–water partition coefficient (Wildman–Crippen LogP) is 0.992. The number of hydrogen-bond donors (Lipinski definition) is 3. The third-order valence-electron chi connectivity index (χ3n) is 3.73. The maximum atomic E-state index is 9.39. The number of aromatic nitrogens is 4. The lowest BCUT2D eigenvalue weighted by Crippen LogP contribution is -2.37. The number of aromatic amines is 1. The molecule has 2 aromatic rings. The molecular weight excluding hydrogens is 256 g/mol. The van der Waals surface area contributed by atoms with Gasteiger partial charge in [-0.15, -0.1) is 0 Å². The van der Waals surface area contributed by atoms with Crippen molar-refractivity contribution in [2.75, 3.05) is 30.4 Å². The molecule has 0 amide bonds. The van der Waals surface area contributed by atoms with Gasteiger partial charge in [0.25, 0.3) is 0 Å². The molecule has 1 saturated carbocycles. The Morgan fingerprint density at radius 1 is 1.45 bits per heavy atom. The third-order valence-corrected chi connectivity index (χ3v) is 3.73. The molecule has 0 bridgehead atoms. The van der Waals surface area contributed by atoms with Gasteiger partial charge in [0.2, 0.25) is 5.95 Å². The third kappa shape index (κ3) is 2.40. The zero-order valence-corrected chi connectivity index (χ0v) is 11.8. The molecular formula is C13H20N6O. The molecule has 0 aliphatic heterocycles. The zero-order chi connectivity index (χ0) is 14.1. The molecule has 1 fully saturated rings. The lowest BCUT2D eigenvalue weighted by molar-refractivity contribution is 0.0464. The molecule has 2 heterocycles. The van der Waals surface area contributed by atoms with Gasteiger partial charge in [0.1, 0.15) is 5.82 Å². The summed E-state index contributed by atoms with van der Waals surface area (Å²) < 4.78 is 0. The van der Waals surface area contributed by atoms with Crippen LogP contribution in [-0.4, -0.2) is 51.5 Å². The van der Waals surface area contributed by atoms with Gasteiger partial charge in [0, 0.05) is 20.1 Å². The largest absolute Gasteiger partial charge is 0.393 e. The smallest absolute Gasteiger partial charge is 0.226 e. The van der Waals surface area contributed by atoms with E-state index < -0.39 is 0 Å². The Morgan fingerprint density at radius 3 is 2.95 bits per heavy atom. The van der Waals surface area contributed by atoms with Crippen LogP contribution in [0, 0.1) is 5.92 Å². The van der Waals surface area contributed by atoms with Crippen LogP contribution in [0.1, 0.15) is 19.8 Å². The first-order valence-corrected chi connectivity index (χ1v) is 7.01. The number of anilines is 2. The molecule has 20 heavy (non-hydrogen) atoms. The average Bonchev–Trinajstić information content (AvgIpc) is 2.84. The summed E-state index contributed by atoms with van der Waals surface area (Å²) in [5, 5.41) is 20.4. The van der Waals surface area contributed by atoms with Gasteiger partial charge >= 0.3 is 0 Å². The molecule has 0 atom stereocenters. The van der Waals surface area contributed by atoms with Crippen molar-refractivity contribution in [1.82, 2.24) is 20.2 Å². The van der Waals surface area contributed by atoms with Gasteiger partial charge in [-0.3, -0.25) is 5.10 Å². The van der Waals surface area contributed by atoms with Gasteiger partial charge in [0.15, 0.2) is 5.65 Å². The Balaban J connectivity index is 1.86. The topological polar surface area (TPSA) is 90.0 Å². The van der Waals surface area contributed by atoms with E-state index in [1.54, 1.807) is 6.20 Å². The summed E-state index contributed by atoms with van der Waals surface area (Å²) in [4.78, 5) is 11.1. The Hall–Kier alpha value is -1.89. The molecule has 3 rings (SSSR count). The Morgan fingerprint density at radius 2 is 2.25 bits per heavy atom. The molecule has 0 spiro atoms. The molecule has 1 aliphatic carbocycles. The molecule has 7 nitrogen and oxygen atoms in total. The number of rotatable bonds is 5. The number of nitrogens with one attached hydrogen (secondary N) is 2. The van der Waals surface area contributed by atoms with E-state index in [0.29, 0.717) is 11.9 Å². The normalized spacial score (nSPS) is 21.8. The van der Waals surface area contributed by atoms with E-state index in [9.17, 15) is 5.11 Å². The summed E-state index contributed by atoms with van der Waals surface area (Å²) in [6.45, 7) is 3.68. The molecule has 108 valence electrons.